The van der Waals surface area contributed by atoms with Crippen molar-refractivity contribution in [2.75, 3.05) is 10.2 Å². The third kappa shape index (κ3) is 3.91. The molecule has 5 nitrogen and oxygen atoms in total. The molecule has 0 fully saturated rings. The van der Waals surface area contributed by atoms with Crippen molar-refractivity contribution in [3.8, 4) is 6.07 Å². The molecule has 0 spiro atoms. The fraction of sp³-hybridized carbons (Fsp3) is 0.148. The van der Waals surface area contributed by atoms with E-state index in [2.05, 4.69) is 26.1 Å². The third-order valence-corrected chi connectivity index (χ3v) is 5.42. The van der Waals surface area contributed by atoms with Gasteiger partial charge in [-0.05, 0) is 52.9 Å². The molecular weight excluding hydrogens is 398 g/mol. The largest absolute Gasteiger partial charge is 0.350 e. The molecule has 5 heteroatoms. The first-order valence-corrected chi connectivity index (χ1v) is 10.4. The summed E-state index contributed by atoms with van der Waals surface area (Å²) in [6, 6.07) is 25.5. The molecule has 3 aromatic rings. The van der Waals surface area contributed by atoms with E-state index in [0.717, 1.165) is 10.6 Å². The van der Waals surface area contributed by atoms with Crippen LogP contribution in [-0.4, -0.2) is 11.8 Å². The van der Waals surface area contributed by atoms with Gasteiger partial charge in [-0.15, -0.1) is 0 Å². The molecule has 4 rings (SSSR count). The van der Waals surface area contributed by atoms with Crippen LogP contribution in [0, 0.1) is 11.3 Å². The minimum Gasteiger partial charge on any atom is -0.350 e. The molecule has 0 bridgehead atoms. The second-order valence-corrected chi connectivity index (χ2v) is 8.67. The monoisotopic (exact) mass is 421 g/mol. The molecule has 0 aliphatic carbocycles. The van der Waals surface area contributed by atoms with Crippen molar-refractivity contribution >= 4 is 28.8 Å². The van der Waals surface area contributed by atoms with E-state index in [-0.39, 0.29) is 11.1 Å². The Morgan fingerprint density at radius 2 is 1.44 bits per heavy atom. The van der Waals surface area contributed by atoms with Crippen LogP contribution in [0.1, 0.15) is 37.5 Å². The molecule has 32 heavy (non-hydrogen) atoms. The lowest BCUT2D eigenvalue weighted by Crippen LogP contribution is -2.32. The number of hydrogen-bond acceptors (Lipinski definition) is 4. The Morgan fingerprint density at radius 1 is 0.812 bits per heavy atom. The summed E-state index contributed by atoms with van der Waals surface area (Å²) in [5.41, 5.74) is 4.01. The van der Waals surface area contributed by atoms with Crippen molar-refractivity contribution in [2.45, 2.75) is 26.2 Å². The Kier molecular flexibility index (Phi) is 5.38. The molecular formula is C27H23N3O2. The van der Waals surface area contributed by atoms with Gasteiger partial charge in [-0.1, -0.05) is 63.2 Å². The van der Waals surface area contributed by atoms with Crippen molar-refractivity contribution in [1.29, 1.82) is 5.26 Å². The van der Waals surface area contributed by atoms with E-state index in [1.54, 1.807) is 24.3 Å². The molecule has 0 unspecified atom stereocenters. The van der Waals surface area contributed by atoms with Gasteiger partial charge in [-0.25, -0.2) is 4.90 Å². The SMILES string of the molecule is CC(C)(C)c1ccc(NC2=C(c3ccccc3)C(=O)N(c3ccc(C#N)cc3)C2=O)cc1. The van der Waals surface area contributed by atoms with Crippen molar-refractivity contribution in [3.05, 3.63) is 101 Å². The van der Waals surface area contributed by atoms with Crippen molar-refractivity contribution in [2.24, 2.45) is 0 Å². The van der Waals surface area contributed by atoms with Crippen molar-refractivity contribution < 1.29 is 9.59 Å². The van der Waals surface area contributed by atoms with E-state index >= 15 is 0 Å². The Hall–Kier alpha value is -4.17. The summed E-state index contributed by atoms with van der Waals surface area (Å²) >= 11 is 0. The molecule has 2 amide bonds. The van der Waals surface area contributed by atoms with E-state index in [1.165, 1.54) is 5.56 Å². The summed E-state index contributed by atoms with van der Waals surface area (Å²) in [5.74, 6) is -0.835. The summed E-state index contributed by atoms with van der Waals surface area (Å²) in [6.45, 7) is 6.42. The van der Waals surface area contributed by atoms with Gasteiger partial charge in [0.2, 0.25) is 0 Å². The summed E-state index contributed by atoms with van der Waals surface area (Å²) in [4.78, 5) is 28.0. The molecule has 0 saturated heterocycles. The quantitative estimate of drug-likeness (QED) is 0.584. The van der Waals surface area contributed by atoms with Gasteiger partial charge >= 0.3 is 0 Å². The van der Waals surface area contributed by atoms with Crippen LogP contribution in [0.4, 0.5) is 11.4 Å². The number of hydrogen-bond donors (Lipinski definition) is 1. The number of amides is 2. The normalized spacial score (nSPS) is 14.0. The van der Waals surface area contributed by atoms with E-state index in [1.807, 2.05) is 60.7 Å². The van der Waals surface area contributed by atoms with Gasteiger partial charge in [-0.2, -0.15) is 5.26 Å². The van der Waals surface area contributed by atoms with Gasteiger partial charge in [0, 0.05) is 5.69 Å². The average molecular weight is 422 g/mol. The summed E-state index contributed by atoms with van der Waals surface area (Å²) < 4.78 is 0. The average Bonchev–Trinajstić information content (AvgIpc) is 3.03. The Balaban J connectivity index is 1.75. The number of nitrogens with one attached hydrogen (secondary N) is 1. The maximum Gasteiger partial charge on any atom is 0.282 e. The number of nitrogens with zero attached hydrogens (tertiary/aromatic N) is 2. The molecule has 3 aromatic carbocycles. The minimum absolute atomic E-state index is 0.0124. The minimum atomic E-state index is -0.432. The second kappa shape index (κ2) is 8.16. The van der Waals surface area contributed by atoms with Gasteiger partial charge in [-0.3, -0.25) is 9.59 Å². The lowest BCUT2D eigenvalue weighted by molar-refractivity contribution is -0.120. The number of benzene rings is 3. The first kappa shape index (κ1) is 21.1. The zero-order valence-corrected chi connectivity index (χ0v) is 18.2. The molecule has 1 N–H and O–H groups in total. The summed E-state index contributed by atoms with van der Waals surface area (Å²) in [6.07, 6.45) is 0. The lowest BCUT2D eigenvalue weighted by atomic mass is 9.87. The number of carbonyl (C=O) groups is 2. The number of carbonyl (C=O) groups excluding carboxylic acids is 2. The van der Waals surface area contributed by atoms with Crippen molar-refractivity contribution in [1.82, 2.24) is 0 Å². The van der Waals surface area contributed by atoms with E-state index in [4.69, 9.17) is 5.26 Å². The van der Waals surface area contributed by atoms with Crippen LogP contribution < -0.4 is 10.2 Å². The standard InChI is InChI=1S/C27H23N3O2/c1-27(2,3)20-11-13-21(14-12-20)29-24-23(19-7-5-4-6-8-19)25(31)30(26(24)32)22-15-9-18(17-28)10-16-22/h4-16,29H,1-3H3. The summed E-state index contributed by atoms with van der Waals surface area (Å²) in [7, 11) is 0. The fourth-order valence-electron chi connectivity index (χ4n) is 3.64. The first-order chi connectivity index (χ1) is 15.3. The lowest BCUT2D eigenvalue weighted by Gasteiger charge is -2.19. The number of nitriles is 1. The molecule has 158 valence electrons. The van der Waals surface area contributed by atoms with Crippen LogP contribution in [0.3, 0.4) is 0 Å². The number of rotatable bonds is 4. The molecule has 0 aromatic heterocycles. The highest BCUT2D eigenvalue weighted by atomic mass is 16.2. The predicted molar refractivity (Wildman–Crippen MR) is 126 cm³/mol. The smallest absolute Gasteiger partial charge is 0.282 e. The van der Waals surface area contributed by atoms with Crippen LogP contribution in [0.2, 0.25) is 0 Å². The van der Waals surface area contributed by atoms with Gasteiger partial charge in [0.05, 0.1) is 22.9 Å². The molecule has 0 radical (unpaired) electrons. The maximum absolute atomic E-state index is 13.4. The Morgan fingerprint density at radius 3 is 2.00 bits per heavy atom. The van der Waals surface area contributed by atoms with Gasteiger partial charge in [0.1, 0.15) is 5.70 Å². The number of imide groups is 1. The highest BCUT2D eigenvalue weighted by Gasteiger charge is 2.40. The maximum atomic E-state index is 13.4. The zero-order chi connectivity index (χ0) is 22.9. The van der Waals surface area contributed by atoms with Crippen molar-refractivity contribution in [3.63, 3.8) is 0 Å². The molecule has 0 saturated carbocycles. The molecule has 0 atom stereocenters. The predicted octanol–water partition coefficient (Wildman–Crippen LogP) is 5.25. The van der Waals surface area contributed by atoms with Gasteiger partial charge < -0.3 is 5.32 Å². The van der Waals surface area contributed by atoms with Gasteiger partial charge in [0.25, 0.3) is 11.8 Å². The zero-order valence-electron chi connectivity index (χ0n) is 18.2. The molecule has 1 aliphatic rings. The van der Waals surface area contributed by atoms with Crippen LogP contribution in [0.5, 0.6) is 0 Å². The molecule has 1 heterocycles. The van der Waals surface area contributed by atoms with Gasteiger partial charge in [0.15, 0.2) is 0 Å². The Labute approximate surface area is 187 Å². The van der Waals surface area contributed by atoms with Crippen LogP contribution in [0.15, 0.2) is 84.6 Å². The first-order valence-electron chi connectivity index (χ1n) is 10.4. The van der Waals surface area contributed by atoms with E-state index < -0.39 is 11.8 Å². The highest BCUT2D eigenvalue weighted by molar-refractivity contribution is 6.46. The fourth-order valence-corrected chi connectivity index (χ4v) is 3.64. The topological polar surface area (TPSA) is 73.2 Å². The summed E-state index contributed by atoms with van der Waals surface area (Å²) in [5, 5.41) is 12.2. The van der Waals surface area contributed by atoms with Crippen LogP contribution in [-0.2, 0) is 15.0 Å². The molecule has 1 aliphatic heterocycles. The second-order valence-electron chi connectivity index (χ2n) is 8.67. The van der Waals surface area contributed by atoms with E-state index in [9.17, 15) is 9.59 Å². The third-order valence-electron chi connectivity index (χ3n) is 5.42. The Bertz CT molecular complexity index is 1240. The number of anilines is 2. The highest BCUT2D eigenvalue weighted by Crippen LogP contribution is 2.34. The van der Waals surface area contributed by atoms with Crippen LogP contribution >= 0.6 is 0 Å². The van der Waals surface area contributed by atoms with Crippen LogP contribution in [0.25, 0.3) is 5.57 Å². The van der Waals surface area contributed by atoms with E-state index in [0.29, 0.717) is 22.4 Å².